The Hall–Kier alpha value is -2.77. The molecule has 31 heavy (non-hydrogen) atoms. The van der Waals surface area contributed by atoms with Gasteiger partial charge in [0, 0.05) is 16.3 Å². The maximum Gasteiger partial charge on any atom is 0.245 e. The van der Waals surface area contributed by atoms with Crippen LogP contribution >= 0.6 is 11.8 Å². The lowest BCUT2D eigenvalue weighted by Crippen LogP contribution is -2.37. The van der Waals surface area contributed by atoms with E-state index in [9.17, 15) is 13.2 Å². The maximum atomic E-state index is 12.6. The number of rotatable bonds is 8. The second kappa shape index (κ2) is 10.0. The number of carbonyl (C=O) groups is 1. The van der Waals surface area contributed by atoms with Gasteiger partial charge in [0.25, 0.3) is 0 Å². The number of anilines is 2. The number of aryl methyl sites for hydroxylation is 2. The molecule has 0 saturated heterocycles. The average Bonchev–Trinajstić information content (AvgIpc) is 2.73. The topological polar surface area (TPSA) is 66.5 Å². The third-order valence-electron chi connectivity index (χ3n) is 4.72. The van der Waals surface area contributed by atoms with Gasteiger partial charge in [-0.3, -0.25) is 9.10 Å². The van der Waals surface area contributed by atoms with Gasteiger partial charge in [-0.2, -0.15) is 0 Å². The molecule has 0 saturated carbocycles. The van der Waals surface area contributed by atoms with Gasteiger partial charge in [-0.05, 0) is 55.3 Å². The van der Waals surface area contributed by atoms with E-state index in [0.29, 0.717) is 11.4 Å². The molecule has 5 nitrogen and oxygen atoms in total. The molecule has 3 aromatic rings. The molecule has 0 aliphatic heterocycles. The van der Waals surface area contributed by atoms with Crippen LogP contribution in [0.5, 0.6) is 0 Å². The average molecular weight is 455 g/mol. The third-order valence-corrected chi connectivity index (χ3v) is 6.95. The van der Waals surface area contributed by atoms with Crippen molar-refractivity contribution in [3.05, 3.63) is 89.5 Å². The standard InChI is InChI=1S/C24H26N2O3S2/c1-18-9-12-21(13-10-18)26(31(3,28)29)16-24(27)25-23-14-11-20(15-19(23)2)17-30-22-7-5-4-6-8-22/h4-15H,16-17H2,1-3H3,(H,25,27). The smallest absolute Gasteiger partial charge is 0.245 e. The number of hydrogen-bond donors (Lipinski definition) is 1. The number of carbonyl (C=O) groups excluding carboxylic acids is 1. The summed E-state index contributed by atoms with van der Waals surface area (Å²) in [6.45, 7) is 3.57. The second-order valence-electron chi connectivity index (χ2n) is 7.40. The summed E-state index contributed by atoms with van der Waals surface area (Å²) in [6, 6.07) is 23.1. The molecule has 1 amide bonds. The molecule has 0 unspecified atom stereocenters. The van der Waals surface area contributed by atoms with Crippen LogP contribution in [-0.4, -0.2) is 27.1 Å². The van der Waals surface area contributed by atoms with Crippen LogP contribution in [0.1, 0.15) is 16.7 Å². The van der Waals surface area contributed by atoms with E-state index < -0.39 is 10.0 Å². The minimum absolute atomic E-state index is 0.285. The van der Waals surface area contributed by atoms with E-state index in [4.69, 9.17) is 0 Å². The SMILES string of the molecule is Cc1ccc(N(CC(=O)Nc2ccc(CSc3ccccc3)cc2C)S(C)(=O)=O)cc1. The molecule has 0 spiro atoms. The summed E-state index contributed by atoms with van der Waals surface area (Å²) in [5.41, 5.74) is 4.24. The Kier molecular flexibility index (Phi) is 7.41. The molecular formula is C24H26N2O3S2. The quantitative estimate of drug-likeness (QED) is 0.487. The van der Waals surface area contributed by atoms with Crippen molar-refractivity contribution in [3.63, 3.8) is 0 Å². The number of nitrogens with zero attached hydrogens (tertiary/aromatic N) is 1. The van der Waals surface area contributed by atoms with Gasteiger partial charge in [-0.15, -0.1) is 11.8 Å². The van der Waals surface area contributed by atoms with E-state index in [1.807, 2.05) is 62.4 Å². The highest BCUT2D eigenvalue weighted by Crippen LogP contribution is 2.25. The van der Waals surface area contributed by atoms with Crippen molar-refractivity contribution in [1.82, 2.24) is 0 Å². The largest absolute Gasteiger partial charge is 0.324 e. The number of hydrogen-bond acceptors (Lipinski definition) is 4. The van der Waals surface area contributed by atoms with Crippen molar-refractivity contribution in [3.8, 4) is 0 Å². The molecule has 0 fully saturated rings. The monoisotopic (exact) mass is 454 g/mol. The van der Waals surface area contributed by atoms with E-state index in [0.717, 1.165) is 33.0 Å². The van der Waals surface area contributed by atoms with Crippen molar-refractivity contribution in [2.24, 2.45) is 0 Å². The highest BCUT2D eigenvalue weighted by molar-refractivity contribution is 7.98. The fraction of sp³-hybridized carbons (Fsp3) is 0.208. The highest BCUT2D eigenvalue weighted by atomic mass is 32.2. The molecule has 0 aliphatic rings. The first-order chi connectivity index (χ1) is 14.7. The van der Waals surface area contributed by atoms with Gasteiger partial charge in [-0.25, -0.2) is 8.42 Å². The predicted octanol–water partition coefficient (Wildman–Crippen LogP) is 5.00. The molecule has 0 aromatic heterocycles. The fourth-order valence-corrected chi connectivity index (χ4v) is 4.79. The Labute approximate surface area is 188 Å². The molecule has 0 bridgehead atoms. The van der Waals surface area contributed by atoms with Crippen LogP contribution in [0.4, 0.5) is 11.4 Å². The Morgan fingerprint density at radius 2 is 1.65 bits per heavy atom. The van der Waals surface area contributed by atoms with Crippen LogP contribution < -0.4 is 9.62 Å². The lowest BCUT2D eigenvalue weighted by atomic mass is 10.1. The first-order valence-corrected chi connectivity index (χ1v) is 12.7. The van der Waals surface area contributed by atoms with Gasteiger partial charge in [0.05, 0.1) is 11.9 Å². The Morgan fingerprint density at radius 3 is 2.26 bits per heavy atom. The summed E-state index contributed by atoms with van der Waals surface area (Å²) in [5, 5.41) is 2.84. The molecule has 0 radical (unpaired) electrons. The number of amides is 1. The summed E-state index contributed by atoms with van der Waals surface area (Å²) in [7, 11) is -3.60. The van der Waals surface area contributed by atoms with Crippen LogP contribution in [0.2, 0.25) is 0 Å². The van der Waals surface area contributed by atoms with Crippen molar-refractivity contribution in [2.45, 2.75) is 24.5 Å². The van der Waals surface area contributed by atoms with Crippen LogP contribution in [0, 0.1) is 13.8 Å². The van der Waals surface area contributed by atoms with Crippen molar-refractivity contribution < 1.29 is 13.2 Å². The first kappa shape index (κ1) is 22.9. The molecule has 1 N–H and O–H groups in total. The van der Waals surface area contributed by atoms with Gasteiger partial charge >= 0.3 is 0 Å². The Bertz CT molecular complexity index is 1150. The first-order valence-electron chi connectivity index (χ1n) is 9.84. The number of nitrogens with one attached hydrogen (secondary N) is 1. The van der Waals surface area contributed by atoms with Gasteiger partial charge in [0.2, 0.25) is 15.9 Å². The number of sulfonamides is 1. The van der Waals surface area contributed by atoms with Crippen molar-refractivity contribution >= 4 is 39.1 Å². The van der Waals surface area contributed by atoms with Gasteiger partial charge < -0.3 is 5.32 Å². The zero-order chi connectivity index (χ0) is 22.4. The van der Waals surface area contributed by atoms with E-state index in [1.165, 1.54) is 4.90 Å². The van der Waals surface area contributed by atoms with E-state index >= 15 is 0 Å². The van der Waals surface area contributed by atoms with Crippen molar-refractivity contribution in [2.75, 3.05) is 22.4 Å². The summed E-state index contributed by atoms with van der Waals surface area (Å²) in [6.07, 6.45) is 1.10. The van der Waals surface area contributed by atoms with Gasteiger partial charge in [0.1, 0.15) is 6.54 Å². The fourth-order valence-electron chi connectivity index (χ4n) is 3.07. The molecule has 3 rings (SSSR count). The molecule has 0 heterocycles. The van der Waals surface area contributed by atoms with Crippen LogP contribution in [0.15, 0.2) is 77.7 Å². The molecule has 162 valence electrons. The summed E-state index contributed by atoms with van der Waals surface area (Å²) < 4.78 is 25.6. The van der Waals surface area contributed by atoms with Crippen molar-refractivity contribution in [1.29, 1.82) is 0 Å². The van der Waals surface area contributed by atoms with Crippen LogP contribution in [0.3, 0.4) is 0 Å². The molecular weight excluding hydrogens is 428 g/mol. The minimum Gasteiger partial charge on any atom is -0.324 e. The predicted molar refractivity (Wildman–Crippen MR) is 129 cm³/mol. The highest BCUT2D eigenvalue weighted by Gasteiger charge is 2.21. The molecule has 7 heteroatoms. The molecule has 3 aromatic carbocycles. The number of thioether (sulfide) groups is 1. The minimum atomic E-state index is -3.60. The van der Waals surface area contributed by atoms with E-state index in [2.05, 4.69) is 17.4 Å². The normalized spacial score (nSPS) is 11.2. The van der Waals surface area contributed by atoms with Gasteiger partial charge in [-0.1, -0.05) is 48.0 Å². The van der Waals surface area contributed by atoms with Gasteiger partial charge in [0.15, 0.2) is 0 Å². The van der Waals surface area contributed by atoms with Crippen LogP contribution in [0.25, 0.3) is 0 Å². The summed E-state index contributed by atoms with van der Waals surface area (Å²) in [4.78, 5) is 13.8. The number of benzene rings is 3. The lowest BCUT2D eigenvalue weighted by molar-refractivity contribution is -0.114. The second-order valence-corrected chi connectivity index (χ2v) is 10.4. The molecule has 0 atom stereocenters. The zero-order valence-electron chi connectivity index (χ0n) is 17.8. The lowest BCUT2D eigenvalue weighted by Gasteiger charge is -2.22. The van der Waals surface area contributed by atoms with E-state index in [1.54, 1.807) is 23.9 Å². The Morgan fingerprint density at radius 1 is 0.968 bits per heavy atom. The summed E-state index contributed by atoms with van der Waals surface area (Å²) in [5.74, 6) is 0.439. The van der Waals surface area contributed by atoms with Crippen LogP contribution in [-0.2, 0) is 20.6 Å². The maximum absolute atomic E-state index is 12.6. The third kappa shape index (κ3) is 6.60. The molecule has 0 aliphatic carbocycles. The van der Waals surface area contributed by atoms with E-state index in [-0.39, 0.29) is 12.5 Å². The summed E-state index contributed by atoms with van der Waals surface area (Å²) >= 11 is 1.75. The Balaban J connectivity index is 1.66. The zero-order valence-corrected chi connectivity index (χ0v) is 19.5.